The summed E-state index contributed by atoms with van der Waals surface area (Å²) in [6.07, 6.45) is -6.38. The van der Waals surface area contributed by atoms with Crippen molar-refractivity contribution in [3.05, 3.63) is 29.3 Å². The van der Waals surface area contributed by atoms with E-state index in [4.69, 9.17) is 9.84 Å². The van der Waals surface area contributed by atoms with Gasteiger partial charge in [-0.15, -0.1) is 0 Å². The highest BCUT2D eigenvalue weighted by atomic mass is 19.4. The lowest BCUT2D eigenvalue weighted by atomic mass is 10.1. The lowest BCUT2D eigenvalue weighted by Crippen LogP contribution is -2.34. The van der Waals surface area contributed by atoms with Crippen molar-refractivity contribution < 1.29 is 28.1 Å². The quantitative estimate of drug-likeness (QED) is 0.875. The molecule has 1 aliphatic rings. The molecule has 6 heteroatoms. The third-order valence-corrected chi connectivity index (χ3v) is 2.95. The van der Waals surface area contributed by atoms with Crippen molar-refractivity contribution in [2.24, 2.45) is 0 Å². The summed E-state index contributed by atoms with van der Waals surface area (Å²) in [7, 11) is 0. The van der Waals surface area contributed by atoms with E-state index in [0.717, 1.165) is 11.1 Å². The molecule has 2 rings (SSSR count). The molecule has 0 aromatic heterocycles. The number of rotatable bonds is 3. The van der Waals surface area contributed by atoms with Gasteiger partial charge in [0.1, 0.15) is 12.4 Å². The maximum atomic E-state index is 12.1. The molecule has 0 aliphatic heterocycles. The van der Waals surface area contributed by atoms with E-state index in [1.807, 2.05) is 0 Å². The summed E-state index contributed by atoms with van der Waals surface area (Å²) in [4.78, 5) is 0. The Morgan fingerprint density at radius 1 is 1.39 bits per heavy atom. The Morgan fingerprint density at radius 3 is 2.78 bits per heavy atom. The zero-order valence-electron chi connectivity index (χ0n) is 9.44. The summed E-state index contributed by atoms with van der Waals surface area (Å²) in [6, 6.07) is 4.74. The van der Waals surface area contributed by atoms with Gasteiger partial charge in [0, 0.05) is 0 Å². The van der Waals surface area contributed by atoms with Crippen molar-refractivity contribution in [2.45, 2.75) is 31.2 Å². The summed E-state index contributed by atoms with van der Waals surface area (Å²) in [5, 5.41) is 18.4. The molecule has 0 saturated heterocycles. The summed E-state index contributed by atoms with van der Waals surface area (Å²) < 4.78 is 41.1. The zero-order chi connectivity index (χ0) is 13.3. The van der Waals surface area contributed by atoms with Crippen molar-refractivity contribution in [1.82, 2.24) is 0 Å². The number of alkyl halides is 3. The van der Waals surface area contributed by atoms with Crippen LogP contribution in [0.4, 0.5) is 13.2 Å². The average molecular weight is 262 g/mol. The minimum Gasteiger partial charge on any atom is -0.491 e. The molecule has 0 bridgehead atoms. The van der Waals surface area contributed by atoms with Gasteiger partial charge < -0.3 is 14.9 Å². The average Bonchev–Trinajstić information content (AvgIpc) is 2.66. The molecule has 1 aliphatic carbocycles. The number of ether oxygens (including phenoxy) is 1. The first-order chi connectivity index (χ1) is 8.38. The van der Waals surface area contributed by atoms with Crippen LogP contribution in [0.5, 0.6) is 5.75 Å². The van der Waals surface area contributed by atoms with Gasteiger partial charge in [0.05, 0.1) is 6.10 Å². The van der Waals surface area contributed by atoms with Crippen LogP contribution in [-0.4, -0.2) is 29.1 Å². The summed E-state index contributed by atoms with van der Waals surface area (Å²) >= 11 is 0. The molecule has 0 saturated carbocycles. The van der Waals surface area contributed by atoms with Gasteiger partial charge in [-0.05, 0) is 36.1 Å². The van der Waals surface area contributed by atoms with Gasteiger partial charge in [-0.1, -0.05) is 6.07 Å². The Labute approximate surface area is 102 Å². The van der Waals surface area contributed by atoms with Crippen LogP contribution < -0.4 is 4.74 Å². The largest absolute Gasteiger partial charge is 0.491 e. The van der Waals surface area contributed by atoms with Crippen LogP contribution in [0, 0.1) is 0 Å². The standard InChI is InChI=1S/C12H13F3O3/c13-12(14,15)11(17)6-18-8-2-3-9-7(5-8)1-4-10(9)16/h2-3,5,10-11,16-17H,1,4,6H2/t10-,11?/m1/s1. The topological polar surface area (TPSA) is 49.7 Å². The zero-order valence-corrected chi connectivity index (χ0v) is 9.44. The lowest BCUT2D eigenvalue weighted by Gasteiger charge is -2.15. The first-order valence-electron chi connectivity index (χ1n) is 5.56. The fourth-order valence-electron chi connectivity index (χ4n) is 1.93. The molecule has 0 heterocycles. The van der Waals surface area contributed by atoms with Gasteiger partial charge in [0.25, 0.3) is 0 Å². The Morgan fingerprint density at radius 2 is 2.11 bits per heavy atom. The molecule has 2 atom stereocenters. The molecular weight excluding hydrogens is 249 g/mol. The van der Waals surface area contributed by atoms with Crippen LogP contribution in [0.3, 0.4) is 0 Å². The molecular formula is C12H13F3O3. The Hall–Kier alpha value is -1.27. The van der Waals surface area contributed by atoms with Crippen LogP contribution in [0.2, 0.25) is 0 Å². The molecule has 1 unspecified atom stereocenters. The van der Waals surface area contributed by atoms with E-state index in [0.29, 0.717) is 12.8 Å². The number of aliphatic hydroxyl groups is 2. The molecule has 2 N–H and O–H groups in total. The smallest absolute Gasteiger partial charge is 0.417 e. The predicted molar refractivity (Wildman–Crippen MR) is 57.3 cm³/mol. The number of hydrogen-bond acceptors (Lipinski definition) is 3. The normalized spacial score (nSPS) is 20.6. The molecule has 18 heavy (non-hydrogen) atoms. The SMILES string of the molecule is OC(COc1ccc2c(c1)CC[C@H]2O)C(F)(F)F. The molecule has 0 radical (unpaired) electrons. The second-order valence-electron chi connectivity index (χ2n) is 4.28. The van der Waals surface area contributed by atoms with Gasteiger partial charge in [-0.25, -0.2) is 0 Å². The van der Waals surface area contributed by atoms with Gasteiger partial charge in [0.2, 0.25) is 0 Å². The highest BCUT2D eigenvalue weighted by molar-refractivity contribution is 5.39. The van der Waals surface area contributed by atoms with Crippen molar-refractivity contribution in [1.29, 1.82) is 0 Å². The number of halogens is 3. The fraction of sp³-hybridized carbons (Fsp3) is 0.500. The molecule has 0 spiro atoms. The van der Waals surface area contributed by atoms with E-state index in [2.05, 4.69) is 0 Å². The van der Waals surface area contributed by atoms with E-state index >= 15 is 0 Å². The van der Waals surface area contributed by atoms with Crippen molar-refractivity contribution in [3.8, 4) is 5.75 Å². The highest BCUT2D eigenvalue weighted by Crippen LogP contribution is 2.33. The van der Waals surface area contributed by atoms with Crippen LogP contribution >= 0.6 is 0 Å². The van der Waals surface area contributed by atoms with Crippen LogP contribution in [-0.2, 0) is 6.42 Å². The summed E-state index contributed by atoms with van der Waals surface area (Å²) in [6.45, 7) is -0.829. The highest BCUT2D eigenvalue weighted by Gasteiger charge is 2.38. The lowest BCUT2D eigenvalue weighted by molar-refractivity contribution is -0.210. The summed E-state index contributed by atoms with van der Waals surface area (Å²) in [5.41, 5.74) is 1.67. The van der Waals surface area contributed by atoms with Crippen LogP contribution in [0.1, 0.15) is 23.7 Å². The van der Waals surface area contributed by atoms with E-state index in [9.17, 15) is 18.3 Å². The third-order valence-electron chi connectivity index (χ3n) is 2.95. The van der Waals surface area contributed by atoms with Crippen molar-refractivity contribution in [3.63, 3.8) is 0 Å². The number of aryl methyl sites for hydroxylation is 1. The molecule has 3 nitrogen and oxygen atoms in total. The van der Waals surface area contributed by atoms with E-state index < -0.39 is 25.0 Å². The molecule has 0 amide bonds. The number of benzene rings is 1. The van der Waals surface area contributed by atoms with E-state index in [-0.39, 0.29) is 5.75 Å². The number of aliphatic hydroxyl groups excluding tert-OH is 2. The first-order valence-corrected chi connectivity index (χ1v) is 5.56. The third kappa shape index (κ3) is 2.76. The van der Waals surface area contributed by atoms with Crippen molar-refractivity contribution >= 4 is 0 Å². The Bertz CT molecular complexity index is 431. The number of hydrogen-bond donors (Lipinski definition) is 2. The second kappa shape index (κ2) is 4.78. The number of fused-ring (bicyclic) bond motifs is 1. The van der Waals surface area contributed by atoms with Gasteiger partial charge >= 0.3 is 6.18 Å². The van der Waals surface area contributed by atoms with Crippen molar-refractivity contribution in [2.75, 3.05) is 6.61 Å². The first kappa shape index (κ1) is 13.2. The Balaban J connectivity index is 1.99. The van der Waals surface area contributed by atoms with Gasteiger partial charge in [0.15, 0.2) is 6.10 Å². The Kier molecular flexibility index (Phi) is 3.49. The molecule has 0 fully saturated rings. The van der Waals surface area contributed by atoms with Gasteiger partial charge in [-0.2, -0.15) is 13.2 Å². The molecule has 1 aromatic carbocycles. The van der Waals surface area contributed by atoms with Crippen LogP contribution in [0.15, 0.2) is 18.2 Å². The minimum atomic E-state index is -4.67. The van der Waals surface area contributed by atoms with Gasteiger partial charge in [-0.3, -0.25) is 0 Å². The monoisotopic (exact) mass is 262 g/mol. The second-order valence-corrected chi connectivity index (χ2v) is 4.28. The maximum Gasteiger partial charge on any atom is 0.417 e. The minimum absolute atomic E-state index is 0.270. The summed E-state index contributed by atoms with van der Waals surface area (Å²) in [5.74, 6) is 0.270. The van der Waals surface area contributed by atoms with Crippen LogP contribution in [0.25, 0.3) is 0 Å². The fourth-order valence-corrected chi connectivity index (χ4v) is 1.93. The van der Waals surface area contributed by atoms with E-state index in [1.54, 1.807) is 12.1 Å². The molecule has 100 valence electrons. The maximum absolute atomic E-state index is 12.1. The van der Waals surface area contributed by atoms with E-state index in [1.165, 1.54) is 6.07 Å². The predicted octanol–water partition coefficient (Wildman–Crippen LogP) is 1.97. The molecule has 1 aromatic rings.